The van der Waals surface area contributed by atoms with Gasteiger partial charge in [-0.3, -0.25) is 14.5 Å². The van der Waals surface area contributed by atoms with E-state index >= 15 is 0 Å². The van der Waals surface area contributed by atoms with E-state index in [1.165, 1.54) is 12.0 Å². The van der Waals surface area contributed by atoms with E-state index in [0.29, 0.717) is 29.2 Å². The second-order valence-electron chi connectivity index (χ2n) is 8.02. The minimum atomic E-state index is -0.837. The largest absolute Gasteiger partial charge is 0.507 e. The molecule has 1 fully saturated rings. The SMILES string of the molecule is COc1ccccc1C1/C(=C(\O)c2ccc3c(c2)CCCO3)C(=O)C(=O)N1c1ccccc1. The number of carbonyl (C=O) groups is 2. The minimum absolute atomic E-state index is 0.0324. The first kappa shape index (κ1) is 20.8. The number of hydrogen-bond donors (Lipinski definition) is 1. The van der Waals surface area contributed by atoms with Gasteiger partial charge in [-0.25, -0.2) is 0 Å². The molecule has 0 aromatic heterocycles. The molecule has 1 N–H and O–H groups in total. The molecule has 3 aromatic carbocycles. The normalized spacial score (nSPS) is 19.2. The summed E-state index contributed by atoms with van der Waals surface area (Å²) in [6, 6.07) is 20.7. The highest BCUT2D eigenvalue weighted by atomic mass is 16.5. The smallest absolute Gasteiger partial charge is 0.300 e. The zero-order valence-electron chi connectivity index (χ0n) is 18.2. The van der Waals surface area contributed by atoms with Gasteiger partial charge in [-0.1, -0.05) is 36.4 Å². The molecule has 33 heavy (non-hydrogen) atoms. The minimum Gasteiger partial charge on any atom is -0.507 e. The molecule has 1 amide bonds. The Balaban J connectivity index is 1.72. The molecule has 0 saturated carbocycles. The van der Waals surface area contributed by atoms with E-state index in [2.05, 4.69) is 0 Å². The number of ketones is 1. The molecule has 0 spiro atoms. The van der Waals surface area contributed by atoms with E-state index in [-0.39, 0.29) is 11.3 Å². The molecule has 2 heterocycles. The third-order valence-electron chi connectivity index (χ3n) is 6.09. The van der Waals surface area contributed by atoms with Crippen LogP contribution in [0.2, 0.25) is 0 Å². The lowest BCUT2D eigenvalue weighted by atomic mass is 9.93. The number of benzene rings is 3. The molecule has 2 aliphatic rings. The Hall–Kier alpha value is -4.06. The van der Waals surface area contributed by atoms with Gasteiger partial charge in [-0.2, -0.15) is 0 Å². The Morgan fingerprint density at radius 1 is 1.03 bits per heavy atom. The fourth-order valence-corrected chi connectivity index (χ4v) is 4.54. The summed E-state index contributed by atoms with van der Waals surface area (Å²) in [4.78, 5) is 28.0. The molecule has 166 valence electrons. The molecule has 0 radical (unpaired) electrons. The van der Waals surface area contributed by atoms with Gasteiger partial charge < -0.3 is 14.6 Å². The summed E-state index contributed by atoms with van der Waals surface area (Å²) in [5, 5.41) is 11.4. The van der Waals surface area contributed by atoms with Gasteiger partial charge in [-0.15, -0.1) is 0 Å². The van der Waals surface area contributed by atoms with E-state index < -0.39 is 17.7 Å². The van der Waals surface area contributed by atoms with Gasteiger partial charge in [-0.05, 0) is 54.8 Å². The summed E-state index contributed by atoms with van der Waals surface area (Å²) < 4.78 is 11.2. The number of hydrogen-bond acceptors (Lipinski definition) is 5. The van der Waals surface area contributed by atoms with Gasteiger partial charge in [0.2, 0.25) is 0 Å². The summed E-state index contributed by atoms with van der Waals surface area (Å²) in [7, 11) is 1.54. The van der Waals surface area contributed by atoms with Crippen LogP contribution in [0.3, 0.4) is 0 Å². The van der Waals surface area contributed by atoms with Gasteiger partial charge in [0.05, 0.1) is 25.3 Å². The van der Waals surface area contributed by atoms with Crippen molar-refractivity contribution >= 4 is 23.1 Å². The van der Waals surface area contributed by atoms with Crippen LogP contribution in [0.1, 0.15) is 29.2 Å². The van der Waals surface area contributed by atoms with Crippen molar-refractivity contribution in [2.24, 2.45) is 0 Å². The van der Waals surface area contributed by atoms with E-state index in [9.17, 15) is 14.7 Å². The van der Waals surface area contributed by atoms with Crippen molar-refractivity contribution in [1.29, 1.82) is 0 Å². The Morgan fingerprint density at radius 3 is 2.58 bits per heavy atom. The van der Waals surface area contributed by atoms with Crippen molar-refractivity contribution in [3.05, 3.63) is 95.1 Å². The number of carbonyl (C=O) groups excluding carboxylic acids is 2. The number of nitrogens with zero attached hydrogens (tertiary/aromatic N) is 1. The Bertz CT molecular complexity index is 1260. The van der Waals surface area contributed by atoms with Crippen molar-refractivity contribution < 1.29 is 24.2 Å². The highest BCUT2D eigenvalue weighted by Crippen LogP contribution is 2.45. The van der Waals surface area contributed by atoms with Crippen LogP contribution >= 0.6 is 0 Å². The average Bonchev–Trinajstić information content (AvgIpc) is 3.13. The highest BCUT2D eigenvalue weighted by molar-refractivity contribution is 6.51. The molecular formula is C27H23NO5. The lowest BCUT2D eigenvalue weighted by Gasteiger charge is -2.26. The van der Waals surface area contributed by atoms with Crippen LogP contribution in [0.15, 0.2) is 78.4 Å². The molecule has 1 atom stereocenters. The number of aryl methyl sites for hydroxylation is 1. The van der Waals surface area contributed by atoms with Gasteiger partial charge in [0, 0.05) is 16.8 Å². The monoisotopic (exact) mass is 441 g/mol. The van der Waals surface area contributed by atoms with E-state index in [4.69, 9.17) is 9.47 Å². The van der Waals surface area contributed by atoms with Crippen LogP contribution in [0.25, 0.3) is 5.76 Å². The molecular weight excluding hydrogens is 418 g/mol. The number of fused-ring (bicyclic) bond motifs is 1. The highest BCUT2D eigenvalue weighted by Gasteiger charge is 2.47. The second-order valence-corrected chi connectivity index (χ2v) is 8.02. The average molecular weight is 441 g/mol. The van der Waals surface area contributed by atoms with Crippen molar-refractivity contribution in [3.63, 3.8) is 0 Å². The van der Waals surface area contributed by atoms with Crippen LogP contribution in [0.4, 0.5) is 5.69 Å². The molecule has 6 heteroatoms. The number of rotatable bonds is 4. The summed E-state index contributed by atoms with van der Waals surface area (Å²) in [5.74, 6) is -0.337. The summed E-state index contributed by atoms with van der Waals surface area (Å²) in [6.07, 6.45) is 1.71. The number of ether oxygens (including phenoxy) is 2. The number of aliphatic hydroxyl groups is 1. The fraction of sp³-hybridized carbons (Fsp3) is 0.185. The molecule has 5 rings (SSSR count). The van der Waals surface area contributed by atoms with Gasteiger partial charge in [0.15, 0.2) is 0 Å². The van der Waals surface area contributed by atoms with Gasteiger partial charge in [0.25, 0.3) is 11.7 Å². The van der Waals surface area contributed by atoms with Gasteiger partial charge in [0.1, 0.15) is 17.3 Å². The van der Waals surface area contributed by atoms with Gasteiger partial charge >= 0.3 is 0 Å². The number of para-hydroxylation sites is 2. The molecule has 6 nitrogen and oxygen atoms in total. The van der Waals surface area contributed by atoms with Crippen molar-refractivity contribution in [3.8, 4) is 11.5 Å². The Kier molecular flexibility index (Phi) is 5.34. The third-order valence-corrected chi connectivity index (χ3v) is 6.09. The first-order chi connectivity index (χ1) is 16.1. The predicted octanol–water partition coefficient (Wildman–Crippen LogP) is 4.65. The van der Waals surface area contributed by atoms with E-state index in [1.807, 2.05) is 24.3 Å². The van der Waals surface area contributed by atoms with E-state index in [1.54, 1.807) is 48.5 Å². The number of anilines is 1. The number of methoxy groups -OCH3 is 1. The zero-order chi connectivity index (χ0) is 22.9. The van der Waals surface area contributed by atoms with Crippen LogP contribution in [0.5, 0.6) is 11.5 Å². The number of aliphatic hydroxyl groups excluding tert-OH is 1. The molecule has 1 unspecified atom stereocenters. The van der Waals surface area contributed by atoms with Crippen LogP contribution in [-0.4, -0.2) is 30.5 Å². The van der Waals surface area contributed by atoms with E-state index in [0.717, 1.165) is 24.2 Å². The molecule has 0 bridgehead atoms. The molecule has 2 aliphatic heterocycles. The number of Topliss-reactive ketones (excluding diaryl/α,β-unsaturated/α-hetero) is 1. The molecule has 0 aliphatic carbocycles. The topological polar surface area (TPSA) is 76.1 Å². The quantitative estimate of drug-likeness (QED) is 0.362. The standard InChI is InChI=1S/C27H23NO5/c1-32-22-12-6-5-11-20(22)24-23(26(30)27(31)28(24)19-9-3-2-4-10-19)25(29)18-13-14-21-17(16-18)8-7-15-33-21/h2-6,9-14,16,24,29H,7-8,15H2,1H3/b25-23+. The maximum absolute atomic E-state index is 13.3. The predicted molar refractivity (Wildman–Crippen MR) is 124 cm³/mol. The summed E-state index contributed by atoms with van der Waals surface area (Å²) in [6.45, 7) is 0.661. The number of amides is 1. The van der Waals surface area contributed by atoms with Crippen LogP contribution < -0.4 is 14.4 Å². The summed E-state index contributed by atoms with van der Waals surface area (Å²) in [5.41, 5.74) is 2.66. The maximum atomic E-state index is 13.3. The lowest BCUT2D eigenvalue weighted by Crippen LogP contribution is -2.29. The third kappa shape index (κ3) is 3.53. The van der Waals surface area contributed by atoms with Crippen molar-refractivity contribution in [1.82, 2.24) is 0 Å². The molecule has 1 saturated heterocycles. The Morgan fingerprint density at radius 2 is 1.79 bits per heavy atom. The Labute approximate surface area is 191 Å². The maximum Gasteiger partial charge on any atom is 0.300 e. The zero-order valence-corrected chi connectivity index (χ0v) is 18.2. The van der Waals surface area contributed by atoms with Crippen LogP contribution in [-0.2, 0) is 16.0 Å². The van der Waals surface area contributed by atoms with Crippen molar-refractivity contribution in [2.45, 2.75) is 18.9 Å². The van der Waals surface area contributed by atoms with Crippen LogP contribution in [0, 0.1) is 0 Å². The lowest BCUT2D eigenvalue weighted by molar-refractivity contribution is -0.132. The molecule has 3 aromatic rings. The summed E-state index contributed by atoms with van der Waals surface area (Å²) >= 11 is 0. The first-order valence-electron chi connectivity index (χ1n) is 10.8. The second kappa shape index (κ2) is 8.47. The first-order valence-corrected chi connectivity index (χ1v) is 10.8. The van der Waals surface area contributed by atoms with Crippen molar-refractivity contribution in [2.75, 3.05) is 18.6 Å². The fourth-order valence-electron chi connectivity index (χ4n) is 4.54.